The smallest absolute Gasteiger partial charge is 0.509 e. The molecule has 0 atom stereocenters. The first kappa shape index (κ1) is 45.8. The number of aryl methyl sites for hydroxylation is 2. The Morgan fingerprint density at radius 1 is 0.449 bits per heavy atom. The van der Waals surface area contributed by atoms with Gasteiger partial charge in [0.1, 0.15) is 24.3 Å². The van der Waals surface area contributed by atoms with Crippen molar-refractivity contribution < 1.29 is 51.6 Å². The summed E-state index contributed by atoms with van der Waals surface area (Å²) in [6.45, 7) is 13.0. The third kappa shape index (κ3) is 7.80. The molecule has 0 amide bonds. The molecule has 0 aliphatic rings. The van der Waals surface area contributed by atoms with Crippen LogP contribution >= 0.6 is 0 Å². The molecule has 10 nitrogen and oxygen atoms in total. The van der Waals surface area contributed by atoms with Crippen LogP contribution in [0.3, 0.4) is 0 Å². The van der Waals surface area contributed by atoms with Gasteiger partial charge in [-0.25, -0.2) is 24.9 Å². The number of hydrogen-bond acceptors (Lipinski definition) is 7. The summed E-state index contributed by atoms with van der Waals surface area (Å²) in [5.74, 6) is 4.60. The van der Waals surface area contributed by atoms with Gasteiger partial charge >= 0.3 is 42.1 Å². The van der Waals surface area contributed by atoms with Gasteiger partial charge in [0, 0.05) is 46.4 Å². The van der Waals surface area contributed by atoms with Gasteiger partial charge in [-0.1, -0.05) is 96.9 Å². The molecule has 6 heterocycles. The van der Waals surface area contributed by atoms with Crippen LogP contribution < -0.4 is 9.47 Å². The van der Waals surface area contributed by atoms with E-state index in [1.165, 1.54) is 12.7 Å². The van der Waals surface area contributed by atoms with Crippen molar-refractivity contribution >= 4 is 65.4 Å². The fourth-order valence-corrected chi connectivity index (χ4v) is 9.55. The Morgan fingerprint density at radius 2 is 0.884 bits per heavy atom. The fraction of sp³-hybridized carbons (Fsp3) is 0.140. The number of ether oxygens (including phenoxy) is 2. The standard InChI is InChI=1S/C57H42N8O2.2Pt/c1-33(2)45-25-39(29-51-55(45)43-11-7-9-13-47(43)63(51)53-23-35(5)19-21-59-53)66-37-15-17-41-42-18-16-38(28-50(42)65(49(41)27-37)57-61-31-58-32-62-57)67-40-26-46(34(3)4)56-44-12-8-10-14-48(44)64(52(56)30-40)54-24-36(6)20-22-60-54;;/h7-26,31-34H,1-6H3;;/q-4;2*+2. The van der Waals surface area contributed by atoms with Crippen molar-refractivity contribution in [1.29, 1.82) is 0 Å². The van der Waals surface area contributed by atoms with Crippen LogP contribution in [0, 0.1) is 38.1 Å². The van der Waals surface area contributed by atoms with Gasteiger partial charge < -0.3 is 23.2 Å². The molecule has 0 aliphatic carbocycles. The molecule has 0 aliphatic heterocycles. The molecule has 0 saturated carbocycles. The summed E-state index contributed by atoms with van der Waals surface area (Å²) in [6, 6.07) is 51.7. The van der Waals surface area contributed by atoms with Crippen molar-refractivity contribution in [2.75, 3.05) is 0 Å². The number of para-hydroxylation sites is 2. The van der Waals surface area contributed by atoms with Crippen molar-refractivity contribution in [3.8, 4) is 40.6 Å². The quantitative estimate of drug-likeness (QED) is 0.133. The van der Waals surface area contributed by atoms with E-state index >= 15 is 0 Å². The molecule has 6 aromatic carbocycles. The second kappa shape index (κ2) is 18.2. The number of fused-ring (bicyclic) bond motifs is 9. The normalized spacial score (nSPS) is 11.7. The van der Waals surface area contributed by atoms with Crippen LogP contribution in [0.25, 0.3) is 83.0 Å². The largest absolute Gasteiger partial charge is 2.00 e. The predicted octanol–water partition coefficient (Wildman–Crippen LogP) is 13.6. The Labute approximate surface area is 427 Å². The average Bonchev–Trinajstić information content (AvgIpc) is 3.96. The van der Waals surface area contributed by atoms with Crippen molar-refractivity contribution in [2.24, 2.45) is 0 Å². The predicted molar refractivity (Wildman–Crippen MR) is 264 cm³/mol. The third-order valence-electron chi connectivity index (χ3n) is 12.5. The molecule has 69 heavy (non-hydrogen) atoms. The molecule has 0 saturated heterocycles. The minimum atomic E-state index is 0. The molecule has 0 unspecified atom stereocenters. The summed E-state index contributed by atoms with van der Waals surface area (Å²) in [5.41, 5.74) is 9.87. The molecule has 0 spiro atoms. The Morgan fingerprint density at radius 3 is 1.32 bits per heavy atom. The van der Waals surface area contributed by atoms with Crippen LogP contribution in [-0.2, 0) is 42.1 Å². The van der Waals surface area contributed by atoms with Gasteiger partial charge in [-0.15, -0.1) is 59.7 Å². The number of hydrogen-bond donors (Lipinski definition) is 0. The van der Waals surface area contributed by atoms with E-state index in [2.05, 4.69) is 163 Å². The van der Waals surface area contributed by atoms with E-state index in [1.54, 1.807) is 0 Å². The van der Waals surface area contributed by atoms with Gasteiger partial charge in [-0.2, -0.15) is 22.9 Å². The first-order chi connectivity index (χ1) is 32.7. The molecule has 0 fully saturated rings. The van der Waals surface area contributed by atoms with Gasteiger partial charge in [0.2, 0.25) is 5.95 Å². The summed E-state index contributed by atoms with van der Waals surface area (Å²) in [4.78, 5) is 22.9. The van der Waals surface area contributed by atoms with Crippen LogP contribution in [0.5, 0.6) is 23.0 Å². The zero-order valence-electron chi connectivity index (χ0n) is 38.4. The van der Waals surface area contributed by atoms with Crippen molar-refractivity contribution in [3.05, 3.63) is 181 Å². The summed E-state index contributed by atoms with van der Waals surface area (Å²) >= 11 is 0. The van der Waals surface area contributed by atoms with Gasteiger partial charge in [-0.3, -0.25) is 0 Å². The Hall–Kier alpha value is -6.99. The van der Waals surface area contributed by atoms with Crippen molar-refractivity contribution in [1.82, 2.24) is 38.6 Å². The Kier molecular flexibility index (Phi) is 12.0. The molecule has 12 aromatic rings. The van der Waals surface area contributed by atoms with E-state index in [-0.39, 0.29) is 54.0 Å². The molecule has 342 valence electrons. The number of benzene rings is 6. The molecule has 12 rings (SSSR count). The van der Waals surface area contributed by atoms with Crippen LogP contribution in [0.4, 0.5) is 0 Å². The number of rotatable bonds is 9. The molecule has 0 bridgehead atoms. The topological polar surface area (TPSA) is 97.7 Å². The first-order valence-corrected chi connectivity index (χ1v) is 22.4. The molecule has 0 radical (unpaired) electrons. The minimum absolute atomic E-state index is 0. The van der Waals surface area contributed by atoms with Crippen molar-refractivity contribution in [3.63, 3.8) is 0 Å². The Bertz CT molecular complexity index is 3700. The SMILES string of the molecule is Cc1ccnc(-n2c3[c-]c(Oc4[c-]c5c(cc4)c4ccc(Oc6[c-]c7c(c(C(C)C)c6)c6ccccc6n7-c6cc(C)ccn6)[c-]c4n5-c4ncncn4)cc(C(C)C)c3c3ccccc32)c1.[Pt+2].[Pt+2]. The van der Waals surface area contributed by atoms with Crippen LogP contribution in [0.1, 0.15) is 61.8 Å². The van der Waals surface area contributed by atoms with Gasteiger partial charge in [0.25, 0.3) is 0 Å². The molecule has 6 aromatic heterocycles. The molecule has 0 N–H and O–H groups in total. The monoisotopic (exact) mass is 1260 g/mol. The van der Waals surface area contributed by atoms with Gasteiger partial charge in [0.15, 0.2) is 0 Å². The number of aromatic nitrogens is 8. The second-order valence-electron chi connectivity index (χ2n) is 17.7. The Balaban J connectivity index is 0.00000277. The first-order valence-electron chi connectivity index (χ1n) is 22.4. The maximum absolute atomic E-state index is 6.76. The zero-order chi connectivity index (χ0) is 45.5. The second-order valence-corrected chi connectivity index (χ2v) is 17.7. The minimum Gasteiger partial charge on any atom is -0.509 e. The fourth-order valence-electron chi connectivity index (χ4n) is 9.55. The summed E-state index contributed by atoms with van der Waals surface area (Å²) in [6.07, 6.45) is 6.67. The van der Waals surface area contributed by atoms with Gasteiger partial charge in [-0.05, 0) is 84.0 Å². The van der Waals surface area contributed by atoms with E-state index in [0.29, 0.717) is 40.0 Å². The van der Waals surface area contributed by atoms with Crippen LogP contribution in [-0.4, -0.2) is 38.6 Å². The average molecular weight is 1260 g/mol. The summed E-state index contributed by atoms with van der Waals surface area (Å²) in [5, 5.41) is 6.39. The van der Waals surface area contributed by atoms with Crippen LogP contribution in [0.15, 0.2) is 134 Å². The third-order valence-corrected chi connectivity index (χ3v) is 12.5. The molecule has 12 heteroatoms. The zero-order valence-corrected chi connectivity index (χ0v) is 42.9. The summed E-state index contributed by atoms with van der Waals surface area (Å²) < 4.78 is 19.8. The number of nitrogens with zero attached hydrogens (tertiary/aromatic N) is 8. The maximum atomic E-state index is 6.76. The van der Waals surface area contributed by atoms with E-state index in [1.807, 2.05) is 53.4 Å². The van der Waals surface area contributed by atoms with E-state index in [0.717, 1.165) is 88.3 Å². The van der Waals surface area contributed by atoms with E-state index < -0.39 is 0 Å². The van der Waals surface area contributed by atoms with Crippen LogP contribution in [0.2, 0.25) is 0 Å². The van der Waals surface area contributed by atoms with E-state index in [9.17, 15) is 0 Å². The summed E-state index contributed by atoms with van der Waals surface area (Å²) in [7, 11) is 0. The molecular formula is C57H42N8O2Pt2. The van der Waals surface area contributed by atoms with Crippen molar-refractivity contribution in [2.45, 2.75) is 53.4 Å². The maximum Gasteiger partial charge on any atom is 2.00 e. The van der Waals surface area contributed by atoms with E-state index in [4.69, 9.17) is 19.4 Å². The van der Waals surface area contributed by atoms with Gasteiger partial charge in [0.05, 0.1) is 0 Å². The molecular weight excluding hydrogens is 1220 g/mol. The number of pyridine rings is 2.